The summed E-state index contributed by atoms with van der Waals surface area (Å²) in [7, 11) is 0. The Balaban J connectivity index is 2.20. The van der Waals surface area contributed by atoms with Crippen molar-refractivity contribution >= 4 is 11.6 Å². The fraction of sp³-hybridized carbons (Fsp3) is 0.750. The van der Waals surface area contributed by atoms with E-state index in [0.717, 1.165) is 28.9 Å². The van der Waals surface area contributed by atoms with Crippen LogP contribution in [-0.4, -0.2) is 16.0 Å². The second-order valence-corrected chi connectivity index (χ2v) is 6.49. The van der Waals surface area contributed by atoms with Gasteiger partial charge in [-0.1, -0.05) is 40.0 Å². The molecule has 0 aliphatic heterocycles. The van der Waals surface area contributed by atoms with Crippen LogP contribution >= 0.6 is 0 Å². The molecule has 1 heterocycles. The molecule has 4 N–H and O–H groups in total. The molecular formula is C16H29N5. The molecule has 0 amide bonds. The van der Waals surface area contributed by atoms with Gasteiger partial charge >= 0.3 is 0 Å². The van der Waals surface area contributed by atoms with Gasteiger partial charge in [-0.25, -0.2) is 15.8 Å². The first-order chi connectivity index (χ1) is 10.0. The number of nitrogens with zero attached hydrogens (tertiary/aromatic N) is 2. The van der Waals surface area contributed by atoms with Crippen LogP contribution in [0.3, 0.4) is 0 Å². The van der Waals surface area contributed by atoms with E-state index in [1.54, 1.807) is 0 Å². The van der Waals surface area contributed by atoms with Crippen molar-refractivity contribution in [2.75, 3.05) is 10.7 Å². The summed E-state index contributed by atoms with van der Waals surface area (Å²) in [6.07, 6.45) is 6.40. The van der Waals surface area contributed by atoms with Crippen LogP contribution in [-0.2, 0) is 0 Å². The highest BCUT2D eigenvalue weighted by atomic mass is 15.3. The summed E-state index contributed by atoms with van der Waals surface area (Å²) in [6, 6.07) is 0.517. The zero-order valence-corrected chi connectivity index (χ0v) is 13.7. The van der Waals surface area contributed by atoms with E-state index in [1.165, 1.54) is 32.1 Å². The second kappa shape index (κ2) is 7.07. The Hall–Kier alpha value is -1.36. The van der Waals surface area contributed by atoms with Crippen LogP contribution in [0, 0.1) is 12.8 Å². The molecule has 0 aromatic carbocycles. The first kappa shape index (κ1) is 16.0. The highest BCUT2D eigenvalue weighted by molar-refractivity contribution is 5.57. The van der Waals surface area contributed by atoms with Gasteiger partial charge in [0, 0.05) is 17.5 Å². The lowest BCUT2D eigenvalue weighted by Crippen LogP contribution is -2.28. The van der Waals surface area contributed by atoms with Crippen LogP contribution in [0.1, 0.15) is 70.2 Å². The maximum absolute atomic E-state index is 5.60. The van der Waals surface area contributed by atoms with Crippen molar-refractivity contribution in [3.05, 3.63) is 11.4 Å². The Morgan fingerprint density at radius 3 is 2.57 bits per heavy atom. The molecule has 2 unspecified atom stereocenters. The van der Waals surface area contributed by atoms with E-state index in [-0.39, 0.29) is 5.92 Å². The molecule has 1 aliphatic carbocycles. The predicted molar refractivity (Wildman–Crippen MR) is 88.3 cm³/mol. The lowest BCUT2D eigenvalue weighted by atomic mass is 9.84. The number of aromatic nitrogens is 2. The summed E-state index contributed by atoms with van der Waals surface area (Å²) in [5, 5.41) is 3.64. The quantitative estimate of drug-likeness (QED) is 0.571. The van der Waals surface area contributed by atoms with Crippen molar-refractivity contribution in [2.24, 2.45) is 11.8 Å². The molecule has 0 radical (unpaired) electrons. The minimum atomic E-state index is 0.285. The average molecular weight is 291 g/mol. The lowest BCUT2D eigenvalue weighted by Gasteiger charge is -2.30. The Morgan fingerprint density at radius 1 is 1.24 bits per heavy atom. The van der Waals surface area contributed by atoms with Crippen molar-refractivity contribution in [2.45, 2.75) is 71.8 Å². The zero-order chi connectivity index (χ0) is 15.4. The number of nitrogens with one attached hydrogen (secondary N) is 2. The monoisotopic (exact) mass is 291 g/mol. The van der Waals surface area contributed by atoms with Gasteiger partial charge in [-0.3, -0.25) is 0 Å². The first-order valence-electron chi connectivity index (χ1n) is 8.16. The number of rotatable bonds is 5. The minimum Gasteiger partial charge on any atom is -0.367 e. The molecule has 21 heavy (non-hydrogen) atoms. The SMILES string of the molecule is CCC1CCCC(Nc2nc(C(C)C)nc(NN)c2C)C1. The molecule has 5 nitrogen and oxygen atoms in total. The number of anilines is 2. The van der Waals surface area contributed by atoms with Crippen LogP contribution in [0.25, 0.3) is 0 Å². The van der Waals surface area contributed by atoms with Gasteiger partial charge < -0.3 is 10.7 Å². The average Bonchev–Trinajstić information content (AvgIpc) is 2.49. The Labute approximate surface area is 128 Å². The molecule has 5 heteroatoms. The highest BCUT2D eigenvalue weighted by Gasteiger charge is 2.22. The highest BCUT2D eigenvalue weighted by Crippen LogP contribution is 2.30. The molecule has 0 spiro atoms. The van der Waals surface area contributed by atoms with Crippen molar-refractivity contribution in [3.63, 3.8) is 0 Å². The van der Waals surface area contributed by atoms with E-state index in [2.05, 4.69) is 36.5 Å². The summed E-state index contributed by atoms with van der Waals surface area (Å²) in [5.41, 5.74) is 3.70. The smallest absolute Gasteiger partial charge is 0.148 e. The number of nitrogens with two attached hydrogens (primary N) is 1. The van der Waals surface area contributed by atoms with Gasteiger partial charge in [-0.05, 0) is 25.7 Å². The summed E-state index contributed by atoms with van der Waals surface area (Å²) in [5.74, 6) is 9.21. The Kier molecular flexibility index (Phi) is 5.39. The second-order valence-electron chi connectivity index (χ2n) is 6.49. The fourth-order valence-electron chi connectivity index (χ4n) is 3.06. The van der Waals surface area contributed by atoms with Crippen molar-refractivity contribution < 1.29 is 0 Å². The van der Waals surface area contributed by atoms with Crippen LogP contribution in [0.5, 0.6) is 0 Å². The van der Waals surface area contributed by atoms with Crippen molar-refractivity contribution in [1.82, 2.24) is 9.97 Å². The fourth-order valence-corrected chi connectivity index (χ4v) is 3.06. The van der Waals surface area contributed by atoms with E-state index in [1.807, 2.05) is 6.92 Å². The molecule has 1 saturated carbocycles. The molecule has 1 fully saturated rings. The van der Waals surface area contributed by atoms with Gasteiger partial charge in [0.2, 0.25) is 0 Å². The van der Waals surface area contributed by atoms with E-state index in [0.29, 0.717) is 6.04 Å². The molecule has 0 bridgehead atoms. The Bertz CT molecular complexity index is 472. The number of hydrogen-bond acceptors (Lipinski definition) is 5. The molecule has 118 valence electrons. The summed E-state index contributed by atoms with van der Waals surface area (Å²) in [6.45, 7) is 8.50. The number of hydrogen-bond donors (Lipinski definition) is 3. The maximum atomic E-state index is 5.60. The van der Waals surface area contributed by atoms with Crippen LogP contribution in [0.4, 0.5) is 11.6 Å². The normalized spacial score (nSPS) is 22.4. The van der Waals surface area contributed by atoms with E-state index in [4.69, 9.17) is 10.8 Å². The van der Waals surface area contributed by atoms with Gasteiger partial charge in [-0.2, -0.15) is 0 Å². The van der Waals surface area contributed by atoms with Gasteiger partial charge in [0.1, 0.15) is 17.5 Å². The van der Waals surface area contributed by atoms with Gasteiger partial charge in [-0.15, -0.1) is 0 Å². The largest absolute Gasteiger partial charge is 0.367 e. The summed E-state index contributed by atoms with van der Waals surface area (Å²) in [4.78, 5) is 9.20. The zero-order valence-electron chi connectivity index (χ0n) is 13.7. The number of hydrazine groups is 1. The predicted octanol–water partition coefficient (Wildman–Crippen LogP) is 3.57. The van der Waals surface area contributed by atoms with E-state index >= 15 is 0 Å². The maximum Gasteiger partial charge on any atom is 0.148 e. The molecular weight excluding hydrogens is 262 g/mol. The summed E-state index contributed by atoms with van der Waals surface area (Å²) < 4.78 is 0. The van der Waals surface area contributed by atoms with Crippen LogP contribution < -0.4 is 16.6 Å². The molecule has 2 atom stereocenters. The molecule has 2 rings (SSSR count). The molecule has 0 saturated heterocycles. The van der Waals surface area contributed by atoms with E-state index in [9.17, 15) is 0 Å². The minimum absolute atomic E-state index is 0.285. The van der Waals surface area contributed by atoms with Crippen LogP contribution in [0.15, 0.2) is 0 Å². The van der Waals surface area contributed by atoms with E-state index < -0.39 is 0 Å². The number of nitrogen functional groups attached to an aromatic ring is 1. The van der Waals surface area contributed by atoms with Crippen LogP contribution in [0.2, 0.25) is 0 Å². The first-order valence-corrected chi connectivity index (χ1v) is 8.16. The molecule has 1 aromatic heterocycles. The van der Waals surface area contributed by atoms with Crippen molar-refractivity contribution in [1.29, 1.82) is 0 Å². The third-order valence-corrected chi connectivity index (χ3v) is 4.52. The standard InChI is InChI=1S/C16H29N5/c1-5-12-7-6-8-13(9-12)18-15-11(4)16(21-17)20-14(19-15)10(2)3/h10,12-13H,5-9,17H2,1-4H3,(H2,18,19,20,21). The third-order valence-electron chi connectivity index (χ3n) is 4.52. The Morgan fingerprint density at radius 2 is 1.95 bits per heavy atom. The molecule has 1 aliphatic rings. The van der Waals surface area contributed by atoms with Gasteiger partial charge in [0.05, 0.1) is 0 Å². The van der Waals surface area contributed by atoms with Crippen molar-refractivity contribution in [3.8, 4) is 0 Å². The lowest BCUT2D eigenvalue weighted by molar-refractivity contribution is 0.327. The molecule has 1 aromatic rings. The third kappa shape index (κ3) is 3.84. The van der Waals surface area contributed by atoms with Gasteiger partial charge in [0.15, 0.2) is 0 Å². The van der Waals surface area contributed by atoms with Gasteiger partial charge in [0.25, 0.3) is 0 Å². The topological polar surface area (TPSA) is 75.9 Å². The summed E-state index contributed by atoms with van der Waals surface area (Å²) >= 11 is 0.